The summed E-state index contributed by atoms with van der Waals surface area (Å²) in [6, 6.07) is 45.1. The van der Waals surface area contributed by atoms with Crippen LogP contribution in [0.2, 0.25) is 0 Å². The Balaban J connectivity index is 0.000000167. The van der Waals surface area contributed by atoms with Crippen molar-refractivity contribution in [2.45, 2.75) is 185 Å². The molecule has 35 nitrogen and oxygen atoms in total. The normalized spacial score (nSPS) is 15.5. The Morgan fingerprint density at radius 3 is 1.46 bits per heavy atom. The summed E-state index contributed by atoms with van der Waals surface area (Å²) in [7, 11) is -13.6. The number of aliphatic imine (C=N–C) groups is 1. The van der Waals surface area contributed by atoms with E-state index in [-0.39, 0.29) is 57.1 Å². The van der Waals surface area contributed by atoms with E-state index in [0.717, 1.165) is 151 Å². The molecule has 3 unspecified atom stereocenters. The fraction of sp³-hybridized carbons (Fsp3) is 0.370. The third-order valence-corrected chi connectivity index (χ3v) is 25.6. The molecule has 7 aromatic heterocycles. The highest BCUT2D eigenvalue weighted by Crippen LogP contribution is 2.39. The van der Waals surface area contributed by atoms with Gasteiger partial charge in [0, 0.05) is 99.0 Å². The van der Waals surface area contributed by atoms with Gasteiger partial charge >= 0.3 is 27.7 Å². The van der Waals surface area contributed by atoms with Crippen molar-refractivity contribution < 1.29 is 67.1 Å². The molecular weight excluding hydrogens is 1770 g/mol. The van der Waals surface area contributed by atoms with Crippen LogP contribution in [0.3, 0.4) is 0 Å². The molecule has 3 aliphatic heterocycles. The number of nitrogen functional groups attached to an aromatic ring is 1. The van der Waals surface area contributed by atoms with E-state index in [1.54, 1.807) is 110 Å². The molecule has 2 amide bonds. The number of sulfonamides is 1. The van der Waals surface area contributed by atoms with Crippen LogP contribution < -0.4 is 53.4 Å². The van der Waals surface area contributed by atoms with Gasteiger partial charge in [0.25, 0.3) is 25.6 Å². The number of ketones is 2. The number of alkyl halides is 3. The summed E-state index contributed by atoms with van der Waals surface area (Å²) < 4.78 is 127. The SMILES string of the molecule is CC(=O)CC(=O)C(C)C.CC(C)(C)OC(=O)NC(=NS(=O)(=O)C(F)(F)F)NC(=O)OC(C)(C)C.CC(C)c1cc(=O)[nH]c(Nc2cccc(C3CCCN(c4ncnc5[nH]ccc45)C3)c2)n1.Cc1ccc(S(=O)(=O)n2ccc3c(N4CCCC(c5cccc(N)c5)C4)ncnc32)cc1.Cc1ccc(S(=O)(=O)n2ccc3c(N4CCCC(c5cccc(N=C(N)N)c5)C4)ncnc32)cc1. The number of halogens is 3. The molecule has 133 heavy (non-hydrogen) atoms. The molecule has 3 aliphatic rings. The molecule has 41 heteroatoms. The minimum Gasteiger partial charge on any atom is -0.444 e. The number of guanidine groups is 2. The molecule has 10 heterocycles. The smallest absolute Gasteiger partial charge is 0.444 e. The van der Waals surface area contributed by atoms with Gasteiger partial charge in [0.1, 0.15) is 64.9 Å². The van der Waals surface area contributed by atoms with E-state index < -0.39 is 64.9 Å². The van der Waals surface area contributed by atoms with Gasteiger partial charge in [0.2, 0.25) is 11.9 Å². The molecule has 3 saturated heterocycles. The average molecular weight is 1890 g/mol. The summed E-state index contributed by atoms with van der Waals surface area (Å²) in [5.41, 5.74) is 19.6. The van der Waals surface area contributed by atoms with Crippen LogP contribution >= 0.6 is 0 Å². The maximum Gasteiger partial charge on any atom is 0.518 e. The van der Waals surface area contributed by atoms with Gasteiger partial charge in [-0.25, -0.2) is 74.2 Å². The van der Waals surface area contributed by atoms with E-state index in [2.05, 4.69) is 105 Å². The lowest BCUT2D eigenvalue weighted by Gasteiger charge is -2.34. The number of nitrogens with two attached hydrogens (primary N) is 3. The second kappa shape index (κ2) is 42.7. The summed E-state index contributed by atoms with van der Waals surface area (Å²) in [5.74, 6) is 2.83. The number of amides is 2. The topological polar surface area (TPSA) is 486 Å². The minimum atomic E-state index is -6.03. The van der Waals surface area contributed by atoms with Crippen molar-refractivity contribution in [1.29, 1.82) is 0 Å². The number of ether oxygens (including phenoxy) is 2. The number of carbonyl (C=O) groups is 4. The predicted molar refractivity (Wildman–Crippen MR) is 507 cm³/mol. The van der Waals surface area contributed by atoms with Gasteiger partial charge in [0.05, 0.1) is 43.8 Å². The van der Waals surface area contributed by atoms with Crippen LogP contribution in [-0.4, -0.2) is 170 Å². The number of aromatic nitrogens is 11. The average Bonchev–Trinajstić information content (AvgIpc) is 1.60. The molecule has 3 atom stereocenters. The van der Waals surface area contributed by atoms with Crippen LogP contribution in [-0.2, 0) is 49.1 Å². The fourth-order valence-corrected chi connectivity index (χ4v) is 18.0. The number of anilines is 6. The number of carbonyl (C=O) groups excluding carboxylic acids is 4. The first-order chi connectivity index (χ1) is 62.7. The van der Waals surface area contributed by atoms with Crippen molar-refractivity contribution in [3.63, 3.8) is 0 Å². The number of fused-ring (bicyclic) bond motifs is 3. The lowest BCUT2D eigenvalue weighted by molar-refractivity contribution is -0.127. The molecular formula is C92H111F3N22O13S3. The Labute approximate surface area is 769 Å². The zero-order chi connectivity index (χ0) is 96.7. The van der Waals surface area contributed by atoms with Crippen molar-refractivity contribution in [3.05, 3.63) is 227 Å². The largest absolute Gasteiger partial charge is 0.518 e. The number of hydrogen-bond donors (Lipinski definition) is 8. The van der Waals surface area contributed by atoms with Gasteiger partial charge < -0.3 is 51.7 Å². The van der Waals surface area contributed by atoms with Gasteiger partial charge in [-0.3, -0.25) is 30.0 Å². The van der Waals surface area contributed by atoms with Gasteiger partial charge in [0.15, 0.2) is 17.3 Å². The highest BCUT2D eigenvalue weighted by Gasteiger charge is 2.47. The monoisotopic (exact) mass is 1880 g/mol. The maximum atomic E-state index is 13.3. The number of aryl methyl sites for hydroxylation is 2. The van der Waals surface area contributed by atoms with Crippen LogP contribution in [0.25, 0.3) is 33.1 Å². The Kier molecular flexibility index (Phi) is 32.0. The third-order valence-electron chi connectivity index (χ3n) is 21.3. The van der Waals surface area contributed by atoms with E-state index in [1.807, 2.05) is 82.4 Å². The lowest BCUT2D eigenvalue weighted by atomic mass is 9.90. The molecule has 0 spiro atoms. The molecule has 12 aromatic rings. The summed E-state index contributed by atoms with van der Waals surface area (Å²) in [6.07, 6.45) is 13.3. The van der Waals surface area contributed by atoms with Crippen LogP contribution in [0.4, 0.5) is 63.2 Å². The first kappa shape index (κ1) is 99.9. The van der Waals surface area contributed by atoms with E-state index in [1.165, 1.54) is 80.2 Å². The number of benzene rings is 5. The standard InChI is InChI=1S/C25H27N7O2S.C24H27N7O.C24H25N5O2S.C12H20F3N3O6S.C7H12O2/c1-17-7-9-21(10-8-17)35(33,34)32-13-11-22-23(28-16-29-24(22)32)31-12-3-5-19(15-31)18-4-2-6-20(14-18)30-25(26)27;1-15(2)20-12-21(32)30-24(29-20)28-18-7-3-5-16(11-18)17-6-4-10-31(13-17)23-19-8-9-25-22(19)26-14-27-23;1-17-7-9-21(10-8-17)32(30,31)29-13-11-22-23(26-16-27-24(22)29)28-12-3-5-19(15-28)18-4-2-6-20(25)14-18;1-10(2,3)23-8(19)16-7(17-9(20)24-11(4,5)6)18-25(21,22)12(13,14)15;1-5(2)7(9)4-6(3)8/h2,4,6-11,13-14,16,19H,3,5,12,15H2,1H3,(H4,26,27,30);3,5,7-9,11-12,14-15,17H,4,6,10,13H2,1-2H3,(H,25,26,27)(H2,28,29,30,32);2,4,6-11,13-14,16,19H,3,5,12,15,25H2,1H3;1-6H3,(H2,16,17,18,19,20);5H,4H2,1-3H3. The molecule has 11 N–H and O–H groups in total. The zero-order valence-electron chi connectivity index (χ0n) is 76.1. The number of nitrogens with one attached hydrogen (secondary N) is 5. The number of nitrogens with zero attached hydrogens (tertiary/aromatic N) is 14. The van der Waals surface area contributed by atoms with E-state index in [0.29, 0.717) is 34.5 Å². The molecule has 0 radical (unpaired) electrons. The van der Waals surface area contributed by atoms with Gasteiger partial charge in [-0.1, -0.05) is 99.5 Å². The first-order valence-corrected chi connectivity index (χ1v) is 47.3. The highest BCUT2D eigenvalue weighted by atomic mass is 32.2. The number of aromatic amines is 2. The van der Waals surface area contributed by atoms with Crippen LogP contribution in [0.15, 0.2) is 207 Å². The minimum absolute atomic E-state index is 0.00565. The quantitative estimate of drug-likeness (QED) is 0.0171. The van der Waals surface area contributed by atoms with E-state index >= 15 is 0 Å². The van der Waals surface area contributed by atoms with Crippen molar-refractivity contribution >= 4 is 139 Å². The first-order valence-electron chi connectivity index (χ1n) is 43.0. The van der Waals surface area contributed by atoms with Gasteiger partial charge in [-0.15, -0.1) is 4.40 Å². The number of hydrogen-bond acceptors (Lipinski definition) is 26. The summed E-state index contributed by atoms with van der Waals surface area (Å²) >= 11 is 0. The number of H-pyrrole nitrogens is 2. The van der Waals surface area contributed by atoms with Gasteiger partial charge in [-0.05, 0) is 202 Å². The molecule has 15 rings (SSSR count). The summed E-state index contributed by atoms with van der Waals surface area (Å²) in [5, 5.41) is 9.01. The maximum absolute atomic E-state index is 13.3. The van der Waals surface area contributed by atoms with E-state index in [4.69, 9.17) is 26.7 Å². The lowest BCUT2D eigenvalue weighted by Crippen LogP contribution is -2.48. The Bertz CT molecular complexity index is 6620. The third kappa shape index (κ3) is 26.8. The molecule has 0 aliphatic carbocycles. The predicted octanol–water partition coefficient (Wildman–Crippen LogP) is 14.9. The molecule has 706 valence electrons. The van der Waals surface area contributed by atoms with Crippen molar-refractivity contribution in [3.8, 4) is 0 Å². The second-order valence-electron chi connectivity index (χ2n) is 34.9. The molecule has 3 fully saturated rings. The highest BCUT2D eigenvalue weighted by molar-refractivity contribution is 7.91. The zero-order valence-corrected chi connectivity index (χ0v) is 78.5. The molecule has 5 aromatic carbocycles. The summed E-state index contributed by atoms with van der Waals surface area (Å²) in [4.78, 5) is 105. The number of alkyl carbamates (subject to hydrolysis) is 2. The summed E-state index contributed by atoms with van der Waals surface area (Å²) in [6.45, 7) is 26.8. The van der Waals surface area contributed by atoms with Crippen molar-refractivity contribution in [2.24, 2.45) is 26.8 Å². The van der Waals surface area contributed by atoms with Crippen LogP contribution in [0, 0.1) is 19.8 Å². The Hall–Kier alpha value is -13.7. The Morgan fingerprint density at radius 1 is 0.571 bits per heavy atom. The number of rotatable bonds is 18. The number of piperidine rings is 3. The van der Waals surface area contributed by atoms with Gasteiger partial charge in [-0.2, -0.15) is 21.6 Å². The second-order valence-corrected chi connectivity index (χ2v) is 40.1. The van der Waals surface area contributed by atoms with Crippen molar-refractivity contribution in [1.82, 2.24) is 63.4 Å². The molecule has 0 bridgehead atoms. The fourth-order valence-electron chi connectivity index (χ4n) is 15.0. The molecule has 0 saturated carbocycles. The number of Topliss-reactive ketones (excluding diaryl/α,β-unsaturated/α-hetero) is 2. The Morgan fingerprint density at radius 2 is 1.02 bits per heavy atom. The van der Waals surface area contributed by atoms with E-state index in [9.17, 15) is 62.4 Å². The van der Waals surface area contributed by atoms with Crippen molar-refractivity contribution in [2.75, 3.05) is 65.0 Å². The van der Waals surface area contributed by atoms with Crippen LogP contribution in [0.1, 0.15) is 178 Å². The van der Waals surface area contributed by atoms with Crippen LogP contribution in [0.5, 0.6) is 0 Å².